The molecule has 2 aromatic rings. The van der Waals surface area contributed by atoms with E-state index in [0.717, 1.165) is 5.56 Å². The lowest BCUT2D eigenvalue weighted by Crippen LogP contribution is -2.50. The zero-order valence-electron chi connectivity index (χ0n) is 15.1. The van der Waals surface area contributed by atoms with Gasteiger partial charge in [-0.05, 0) is 35.9 Å². The third kappa shape index (κ3) is 5.29. The van der Waals surface area contributed by atoms with Gasteiger partial charge in [-0.1, -0.05) is 29.8 Å². The second kappa shape index (κ2) is 9.00. The van der Waals surface area contributed by atoms with Crippen LogP contribution in [0.25, 0.3) is 0 Å². The van der Waals surface area contributed by atoms with E-state index in [0.29, 0.717) is 37.7 Å². The number of amides is 1. The highest BCUT2D eigenvalue weighted by Crippen LogP contribution is 2.20. The Bertz CT molecular complexity index is 930. The van der Waals surface area contributed by atoms with E-state index in [1.165, 1.54) is 28.6 Å². The van der Waals surface area contributed by atoms with Gasteiger partial charge in [0.2, 0.25) is 15.9 Å². The molecule has 2 aromatic carbocycles. The molecule has 1 aliphatic heterocycles. The van der Waals surface area contributed by atoms with Crippen LogP contribution in [0, 0.1) is 5.82 Å². The standard InChI is InChI=1S/C19H21ClFN3O3S/c20-16-2-1-3-18(12-16)28(26,27)24-10-8-23(9-11-24)14-19(25)22-13-15-4-6-17(21)7-5-15/h1-7,12H,8-11,13-14H2,(H,22,25). The Morgan fingerprint density at radius 1 is 1.07 bits per heavy atom. The van der Waals surface area contributed by atoms with E-state index in [4.69, 9.17) is 11.6 Å². The Hall–Kier alpha value is -2.00. The molecular weight excluding hydrogens is 405 g/mol. The zero-order valence-corrected chi connectivity index (χ0v) is 16.7. The summed E-state index contributed by atoms with van der Waals surface area (Å²) >= 11 is 5.90. The van der Waals surface area contributed by atoms with Gasteiger partial charge in [-0.25, -0.2) is 12.8 Å². The number of nitrogens with zero attached hydrogens (tertiary/aromatic N) is 2. The fourth-order valence-electron chi connectivity index (χ4n) is 2.97. The number of hydrogen-bond donors (Lipinski definition) is 1. The highest BCUT2D eigenvalue weighted by Gasteiger charge is 2.29. The highest BCUT2D eigenvalue weighted by atomic mass is 35.5. The Morgan fingerprint density at radius 3 is 2.39 bits per heavy atom. The molecule has 0 radical (unpaired) electrons. The van der Waals surface area contributed by atoms with Gasteiger partial charge >= 0.3 is 0 Å². The molecule has 3 rings (SSSR count). The van der Waals surface area contributed by atoms with Crippen molar-refractivity contribution in [1.29, 1.82) is 0 Å². The Morgan fingerprint density at radius 2 is 1.75 bits per heavy atom. The van der Waals surface area contributed by atoms with Gasteiger partial charge < -0.3 is 5.32 Å². The van der Waals surface area contributed by atoms with Gasteiger partial charge in [0.1, 0.15) is 5.82 Å². The lowest BCUT2D eigenvalue weighted by molar-refractivity contribution is -0.122. The zero-order chi connectivity index (χ0) is 20.1. The number of halogens is 2. The highest BCUT2D eigenvalue weighted by molar-refractivity contribution is 7.89. The molecule has 9 heteroatoms. The molecule has 28 heavy (non-hydrogen) atoms. The van der Waals surface area contributed by atoms with Crippen LogP contribution in [0.2, 0.25) is 5.02 Å². The average molecular weight is 426 g/mol. The van der Waals surface area contributed by atoms with Crippen molar-refractivity contribution in [2.45, 2.75) is 11.4 Å². The first-order valence-corrected chi connectivity index (χ1v) is 10.7. The molecule has 0 spiro atoms. The third-order valence-electron chi connectivity index (χ3n) is 4.54. The summed E-state index contributed by atoms with van der Waals surface area (Å²) in [6.07, 6.45) is 0. The van der Waals surface area contributed by atoms with E-state index in [-0.39, 0.29) is 23.2 Å². The number of piperazine rings is 1. The van der Waals surface area contributed by atoms with Crippen LogP contribution < -0.4 is 5.32 Å². The van der Waals surface area contributed by atoms with Crippen LogP contribution in [0.5, 0.6) is 0 Å². The van der Waals surface area contributed by atoms with Crippen LogP contribution in [-0.4, -0.2) is 56.3 Å². The van der Waals surface area contributed by atoms with Crippen molar-refractivity contribution >= 4 is 27.5 Å². The molecule has 0 unspecified atom stereocenters. The van der Waals surface area contributed by atoms with E-state index in [2.05, 4.69) is 5.32 Å². The molecule has 0 aromatic heterocycles. The van der Waals surface area contributed by atoms with Crippen molar-refractivity contribution in [2.75, 3.05) is 32.7 Å². The topological polar surface area (TPSA) is 69.7 Å². The van der Waals surface area contributed by atoms with E-state index in [1.54, 1.807) is 24.3 Å². The lowest BCUT2D eigenvalue weighted by atomic mass is 10.2. The molecule has 0 atom stereocenters. The maximum atomic E-state index is 12.9. The molecular formula is C19H21ClFN3O3S. The fraction of sp³-hybridized carbons (Fsp3) is 0.316. The molecule has 1 aliphatic rings. The van der Waals surface area contributed by atoms with Crippen molar-refractivity contribution in [3.05, 3.63) is 64.9 Å². The van der Waals surface area contributed by atoms with E-state index >= 15 is 0 Å². The quantitative estimate of drug-likeness (QED) is 0.769. The number of sulfonamides is 1. The van der Waals surface area contributed by atoms with Gasteiger partial charge in [-0.15, -0.1) is 0 Å². The summed E-state index contributed by atoms with van der Waals surface area (Å²) in [5.41, 5.74) is 0.812. The normalized spacial score (nSPS) is 16.1. The van der Waals surface area contributed by atoms with Gasteiger partial charge in [0, 0.05) is 37.7 Å². The second-order valence-corrected chi connectivity index (χ2v) is 8.92. The molecule has 1 amide bonds. The molecule has 1 heterocycles. The van der Waals surface area contributed by atoms with Crippen LogP contribution in [0.4, 0.5) is 4.39 Å². The van der Waals surface area contributed by atoms with Gasteiger partial charge in [-0.3, -0.25) is 9.69 Å². The minimum Gasteiger partial charge on any atom is -0.351 e. The molecule has 0 saturated carbocycles. The van der Waals surface area contributed by atoms with Crippen LogP contribution >= 0.6 is 11.6 Å². The number of carbonyl (C=O) groups is 1. The molecule has 0 bridgehead atoms. The number of rotatable bonds is 6. The fourth-order valence-corrected chi connectivity index (χ4v) is 4.69. The largest absolute Gasteiger partial charge is 0.351 e. The van der Waals surface area contributed by atoms with E-state index in [1.807, 2.05) is 4.90 Å². The molecule has 0 aliphatic carbocycles. The summed E-state index contributed by atoms with van der Waals surface area (Å²) in [6, 6.07) is 12.1. The van der Waals surface area contributed by atoms with E-state index < -0.39 is 10.0 Å². The molecule has 150 valence electrons. The van der Waals surface area contributed by atoms with E-state index in [9.17, 15) is 17.6 Å². The first-order valence-electron chi connectivity index (χ1n) is 8.84. The first-order chi connectivity index (χ1) is 13.3. The predicted molar refractivity (Wildman–Crippen MR) is 105 cm³/mol. The summed E-state index contributed by atoms with van der Waals surface area (Å²) in [5.74, 6) is -0.476. The van der Waals surface area contributed by atoms with Crippen molar-refractivity contribution in [2.24, 2.45) is 0 Å². The molecule has 6 nitrogen and oxygen atoms in total. The number of nitrogens with one attached hydrogen (secondary N) is 1. The van der Waals surface area contributed by atoms with Gasteiger partial charge in [0.25, 0.3) is 0 Å². The molecule has 1 N–H and O–H groups in total. The Balaban J connectivity index is 1.48. The number of carbonyl (C=O) groups excluding carboxylic acids is 1. The summed E-state index contributed by atoms with van der Waals surface area (Å²) in [7, 11) is -3.60. The molecule has 1 saturated heterocycles. The maximum Gasteiger partial charge on any atom is 0.243 e. The monoisotopic (exact) mass is 425 g/mol. The average Bonchev–Trinajstić information content (AvgIpc) is 2.68. The van der Waals surface area contributed by atoms with Crippen molar-refractivity contribution in [3.8, 4) is 0 Å². The SMILES string of the molecule is O=C(CN1CCN(S(=O)(=O)c2cccc(Cl)c2)CC1)NCc1ccc(F)cc1. The minimum atomic E-state index is -3.60. The van der Waals surface area contributed by atoms with Crippen molar-refractivity contribution in [1.82, 2.24) is 14.5 Å². The Labute approximate surface area is 168 Å². The summed E-state index contributed by atoms with van der Waals surface area (Å²) in [5, 5.41) is 3.16. The summed E-state index contributed by atoms with van der Waals surface area (Å²) < 4.78 is 39.7. The predicted octanol–water partition coefficient (Wildman–Crippen LogP) is 2.10. The Kier molecular flexibility index (Phi) is 6.66. The van der Waals surface area contributed by atoms with Crippen LogP contribution in [-0.2, 0) is 21.4 Å². The first kappa shape index (κ1) is 20.7. The minimum absolute atomic E-state index is 0.157. The van der Waals surface area contributed by atoms with Crippen molar-refractivity contribution in [3.63, 3.8) is 0 Å². The van der Waals surface area contributed by atoms with Crippen LogP contribution in [0.3, 0.4) is 0 Å². The molecule has 1 fully saturated rings. The van der Waals surface area contributed by atoms with Gasteiger partial charge in [0.15, 0.2) is 0 Å². The number of hydrogen-bond acceptors (Lipinski definition) is 4. The third-order valence-corrected chi connectivity index (χ3v) is 6.67. The lowest BCUT2D eigenvalue weighted by Gasteiger charge is -2.33. The number of benzene rings is 2. The smallest absolute Gasteiger partial charge is 0.243 e. The van der Waals surface area contributed by atoms with Crippen molar-refractivity contribution < 1.29 is 17.6 Å². The van der Waals surface area contributed by atoms with Gasteiger partial charge in [-0.2, -0.15) is 4.31 Å². The summed E-state index contributed by atoms with van der Waals surface area (Å²) in [4.78, 5) is 14.2. The van der Waals surface area contributed by atoms with Gasteiger partial charge in [0.05, 0.1) is 11.4 Å². The van der Waals surface area contributed by atoms with Crippen LogP contribution in [0.1, 0.15) is 5.56 Å². The second-order valence-electron chi connectivity index (χ2n) is 6.54. The maximum absolute atomic E-state index is 12.9. The van der Waals surface area contributed by atoms with Crippen LogP contribution in [0.15, 0.2) is 53.4 Å². The summed E-state index contributed by atoms with van der Waals surface area (Å²) in [6.45, 7) is 2.04.